The largest absolute Gasteiger partial charge is 0.352 e. The second-order valence-electron chi connectivity index (χ2n) is 8.03. The monoisotopic (exact) mass is 381 g/mol. The van der Waals surface area contributed by atoms with Gasteiger partial charge in [0, 0.05) is 38.8 Å². The van der Waals surface area contributed by atoms with Crippen LogP contribution in [0.1, 0.15) is 43.7 Å². The Labute approximate surface area is 165 Å². The third kappa shape index (κ3) is 4.65. The molecule has 1 aromatic heterocycles. The van der Waals surface area contributed by atoms with Crippen LogP contribution >= 0.6 is 0 Å². The van der Waals surface area contributed by atoms with Gasteiger partial charge in [0.1, 0.15) is 11.5 Å². The van der Waals surface area contributed by atoms with Gasteiger partial charge in [-0.1, -0.05) is 32.9 Å². The maximum Gasteiger partial charge on any atom is 0.275 e. The predicted octanol–water partition coefficient (Wildman–Crippen LogP) is 2.69. The number of piperazine rings is 1. The van der Waals surface area contributed by atoms with Crippen LogP contribution in [0.25, 0.3) is 0 Å². The molecule has 0 unspecified atom stereocenters. The lowest BCUT2D eigenvalue weighted by molar-refractivity contribution is -0.129. The van der Waals surface area contributed by atoms with Crippen molar-refractivity contribution in [2.45, 2.75) is 33.1 Å². The number of anilines is 2. The number of nitrogens with one attached hydrogen (secondary N) is 1. The number of carbonyl (C=O) groups excluding carboxylic acids is 2. The summed E-state index contributed by atoms with van der Waals surface area (Å²) < 4.78 is 0. The number of carbonyl (C=O) groups is 2. The van der Waals surface area contributed by atoms with E-state index in [1.54, 1.807) is 13.1 Å². The van der Waals surface area contributed by atoms with Crippen LogP contribution < -0.4 is 10.2 Å². The first-order valence-electron chi connectivity index (χ1n) is 9.48. The van der Waals surface area contributed by atoms with Gasteiger partial charge in [-0.25, -0.2) is 9.97 Å². The fourth-order valence-corrected chi connectivity index (χ4v) is 3.10. The van der Waals surface area contributed by atoms with Crippen LogP contribution in [-0.4, -0.2) is 52.9 Å². The zero-order chi connectivity index (χ0) is 20.3. The second kappa shape index (κ2) is 7.96. The summed E-state index contributed by atoms with van der Waals surface area (Å²) in [4.78, 5) is 36.4. The highest BCUT2D eigenvalue weighted by atomic mass is 16.2. The van der Waals surface area contributed by atoms with Crippen molar-refractivity contribution in [1.29, 1.82) is 0 Å². The summed E-state index contributed by atoms with van der Waals surface area (Å²) in [5, 5.41) is 2.85. The fourth-order valence-electron chi connectivity index (χ4n) is 3.10. The fraction of sp³-hybridized carbons (Fsp3) is 0.429. The molecule has 3 rings (SSSR count). The highest BCUT2D eigenvalue weighted by Gasteiger charge is 2.20. The minimum atomic E-state index is -0.288. The zero-order valence-corrected chi connectivity index (χ0v) is 16.9. The number of amides is 2. The maximum atomic E-state index is 12.4. The Morgan fingerprint density at radius 3 is 2.11 bits per heavy atom. The summed E-state index contributed by atoms with van der Waals surface area (Å²) in [6, 6.07) is 7.83. The van der Waals surface area contributed by atoms with Crippen molar-refractivity contribution in [3.05, 3.63) is 47.9 Å². The predicted molar refractivity (Wildman–Crippen MR) is 110 cm³/mol. The minimum absolute atomic E-state index is 0.0692. The third-order valence-corrected chi connectivity index (χ3v) is 4.93. The van der Waals surface area contributed by atoms with Crippen molar-refractivity contribution in [1.82, 2.24) is 14.9 Å². The van der Waals surface area contributed by atoms with E-state index in [1.165, 1.54) is 11.8 Å². The average molecular weight is 381 g/mol. The molecule has 0 radical (unpaired) electrons. The van der Waals surface area contributed by atoms with Crippen molar-refractivity contribution in [2.75, 3.05) is 36.4 Å². The maximum absolute atomic E-state index is 12.4. The van der Waals surface area contributed by atoms with Crippen LogP contribution in [0.2, 0.25) is 0 Å². The number of hydrogen-bond acceptors (Lipinski definition) is 5. The van der Waals surface area contributed by atoms with E-state index in [9.17, 15) is 9.59 Å². The summed E-state index contributed by atoms with van der Waals surface area (Å²) in [7, 11) is 0. The molecule has 2 heterocycles. The topological polar surface area (TPSA) is 78.4 Å². The molecule has 2 amide bonds. The van der Waals surface area contributed by atoms with Crippen LogP contribution in [-0.2, 0) is 10.2 Å². The molecule has 1 aliphatic heterocycles. The Kier molecular flexibility index (Phi) is 5.63. The van der Waals surface area contributed by atoms with Crippen LogP contribution in [0.3, 0.4) is 0 Å². The Morgan fingerprint density at radius 1 is 0.964 bits per heavy atom. The van der Waals surface area contributed by atoms with Crippen LogP contribution in [0.5, 0.6) is 0 Å². The molecule has 148 valence electrons. The molecule has 1 aliphatic rings. The smallest absolute Gasteiger partial charge is 0.275 e. The lowest BCUT2D eigenvalue weighted by atomic mass is 9.87. The first-order valence-corrected chi connectivity index (χ1v) is 9.48. The van der Waals surface area contributed by atoms with Crippen molar-refractivity contribution < 1.29 is 9.59 Å². The molecule has 0 saturated carbocycles. The molecule has 28 heavy (non-hydrogen) atoms. The van der Waals surface area contributed by atoms with E-state index in [-0.39, 0.29) is 22.9 Å². The van der Waals surface area contributed by atoms with E-state index in [1.807, 2.05) is 29.2 Å². The molecular formula is C21H27N5O2. The van der Waals surface area contributed by atoms with E-state index < -0.39 is 0 Å². The standard InChI is InChI=1S/C21H27N5O2/c1-15(27)25-9-11-26(12-10-25)19-14-22-18(13-23-19)20(28)24-17-7-5-16(6-8-17)21(2,3)4/h5-8,13-14H,9-12H2,1-4H3,(H,24,28). The van der Waals surface area contributed by atoms with Gasteiger partial charge in [0.05, 0.1) is 12.4 Å². The zero-order valence-electron chi connectivity index (χ0n) is 16.9. The summed E-state index contributed by atoms with van der Waals surface area (Å²) in [5.41, 5.74) is 2.27. The number of benzene rings is 1. The van der Waals surface area contributed by atoms with Crippen LogP contribution in [0.15, 0.2) is 36.7 Å². The molecule has 2 aromatic rings. The first kappa shape index (κ1) is 19.8. The highest BCUT2D eigenvalue weighted by Crippen LogP contribution is 2.23. The van der Waals surface area contributed by atoms with Gasteiger partial charge in [-0.15, -0.1) is 0 Å². The van der Waals surface area contributed by atoms with Crippen molar-refractivity contribution in [3.8, 4) is 0 Å². The summed E-state index contributed by atoms with van der Waals surface area (Å²) in [6.45, 7) is 10.8. The normalized spacial score (nSPS) is 14.7. The molecule has 0 bridgehead atoms. The lowest BCUT2D eigenvalue weighted by Crippen LogP contribution is -2.48. The van der Waals surface area contributed by atoms with Gasteiger partial charge >= 0.3 is 0 Å². The van der Waals surface area contributed by atoms with Gasteiger partial charge in [0.2, 0.25) is 5.91 Å². The molecule has 1 N–H and O–H groups in total. The van der Waals surface area contributed by atoms with E-state index in [4.69, 9.17) is 0 Å². The lowest BCUT2D eigenvalue weighted by Gasteiger charge is -2.34. The average Bonchev–Trinajstić information content (AvgIpc) is 2.68. The second-order valence-corrected chi connectivity index (χ2v) is 8.03. The highest BCUT2D eigenvalue weighted by molar-refractivity contribution is 6.02. The Morgan fingerprint density at radius 2 is 1.61 bits per heavy atom. The molecular weight excluding hydrogens is 354 g/mol. The SMILES string of the molecule is CC(=O)N1CCN(c2cnc(C(=O)Nc3ccc(C(C)(C)C)cc3)cn2)CC1. The van der Waals surface area contributed by atoms with E-state index in [0.29, 0.717) is 32.0 Å². The molecule has 1 saturated heterocycles. The molecule has 7 nitrogen and oxygen atoms in total. The van der Waals surface area contributed by atoms with Gasteiger partial charge in [0.15, 0.2) is 0 Å². The van der Waals surface area contributed by atoms with Crippen molar-refractivity contribution in [2.24, 2.45) is 0 Å². The van der Waals surface area contributed by atoms with Gasteiger partial charge in [-0.05, 0) is 23.1 Å². The number of rotatable bonds is 3. The summed E-state index contributed by atoms with van der Waals surface area (Å²) >= 11 is 0. The number of aromatic nitrogens is 2. The van der Waals surface area contributed by atoms with Crippen LogP contribution in [0, 0.1) is 0 Å². The van der Waals surface area contributed by atoms with E-state index in [0.717, 1.165) is 5.69 Å². The van der Waals surface area contributed by atoms with E-state index in [2.05, 4.69) is 41.0 Å². The van der Waals surface area contributed by atoms with Gasteiger partial charge in [0.25, 0.3) is 5.91 Å². The minimum Gasteiger partial charge on any atom is -0.352 e. The number of hydrogen-bond donors (Lipinski definition) is 1. The molecule has 0 atom stereocenters. The molecule has 7 heteroatoms. The molecule has 1 aromatic carbocycles. The number of nitrogens with zero attached hydrogens (tertiary/aromatic N) is 4. The first-order chi connectivity index (χ1) is 13.2. The van der Waals surface area contributed by atoms with Crippen LogP contribution in [0.4, 0.5) is 11.5 Å². The summed E-state index contributed by atoms with van der Waals surface area (Å²) in [5.74, 6) is 0.520. The Balaban J connectivity index is 1.60. The van der Waals surface area contributed by atoms with Gasteiger partial charge in [-0.2, -0.15) is 0 Å². The van der Waals surface area contributed by atoms with Crippen molar-refractivity contribution >= 4 is 23.3 Å². The molecule has 1 fully saturated rings. The van der Waals surface area contributed by atoms with Gasteiger partial charge in [-0.3, -0.25) is 9.59 Å². The Bertz CT molecular complexity index is 833. The Hall–Kier alpha value is -2.96. The molecule has 0 aliphatic carbocycles. The summed E-state index contributed by atoms with van der Waals surface area (Å²) in [6.07, 6.45) is 3.10. The molecule has 0 spiro atoms. The van der Waals surface area contributed by atoms with Crippen molar-refractivity contribution in [3.63, 3.8) is 0 Å². The third-order valence-electron chi connectivity index (χ3n) is 4.93. The van der Waals surface area contributed by atoms with Gasteiger partial charge < -0.3 is 15.1 Å². The van der Waals surface area contributed by atoms with E-state index >= 15 is 0 Å². The quantitative estimate of drug-likeness (QED) is 0.884.